The minimum Gasteiger partial charge on any atom is -0.329 e. The molecule has 2 atom stereocenters. The summed E-state index contributed by atoms with van der Waals surface area (Å²) in [5.74, 6) is 0. The number of hydrogen-bond donors (Lipinski definition) is 1. The zero-order valence-electron chi connectivity index (χ0n) is 12.1. The normalized spacial score (nSPS) is 21.6. The van der Waals surface area contributed by atoms with Crippen LogP contribution in [0.4, 0.5) is 0 Å². The topological polar surface area (TPSA) is 32.5 Å². The number of nitrogens with zero attached hydrogens (tertiary/aromatic N) is 2. The van der Waals surface area contributed by atoms with E-state index < -0.39 is 0 Å². The molecule has 5 heteroatoms. The van der Waals surface area contributed by atoms with Gasteiger partial charge < -0.3 is 10.6 Å². The maximum absolute atomic E-state index is 6.35. The third-order valence-electron chi connectivity index (χ3n) is 3.94. The first-order valence-corrected chi connectivity index (χ1v) is 7.84. The highest BCUT2D eigenvalue weighted by molar-refractivity contribution is 6.33. The van der Waals surface area contributed by atoms with Crippen LogP contribution < -0.4 is 5.73 Å². The molecule has 0 aliphatic carbocycles. The third-order valence-corrected chi connectivity index (χ3v) is 4.52. The molecule has 0 saturated carbocycles. The minimum absolute atomic E-state index is 0.147. The second-order valence-corrected chi connectivity index (χ2v) is 6.56. The van der Waals surface area contributed by atoms with Gasteiger partial charge in [-0.25, -0.2) is 0 Å². The zero-order valence-corrected chi connectivity index (χ0v) is 13.7. The molecule has 2 rings (SSSR count). The van der Waals surface area contributed by atoms with Crippen molar-refractivity contribution in [2.45, 2.75) is 24.9 Å². The lowest BCUT2D eigenvalue weighted by molar-refractivity contribution is 0.156. The van der Waals surface area contributed by atoms with Gasteiger partial charge in [-0.15, -0.1) is 0 Å². The highest BCUT2D eigenvalue weighted by atomic mass is 35.5. The van der Waals surface area contributed by atoms with Crippen LogP contribution in [0, 0.1) is 0 Å². The molecule has 1 heterocycles. The van der Waals surface area contributed by atoms with E-state index in [2.05, 4.69) is 23.9 Å². The van der Waals surface area contributed by atoms with Gasteiger partial charge in [0.1, 0.15) is 0 Å². The van der Waals surface area contributed by atoms with E-state index in [0.29, 0.717) is 17.6 Å². The van der Waals surface area contributed by atoms with Crippen LogP contribution in [0.3, 0.4) is 0 Å². The van der Waals surface area contributed by atoms with Gasteiger partial charge in [-0.05, 0) is 57.2 Å². The van der Waals surface area contributed by atoms with Gasteiger partial charge in [-0.3, -0.25) is 4.90 Å². The molecule has 1 fully saturated rings. The van der Waals surface area contributed by atoms with Gasteiger partial charge >= 0.3 is 0 Å². The molecular weight excluding hydrogens is 293 g/mol. The van der Waals surface area contributed by atoms with Gasteiger partial charge in [0.05, 0.1) is 0 Å². The summed E-state index contributed by atoms with van der Waals surface area (Å²) in [4.78, 5) is 4.72. The maximum atomic E-state index is 6.35. The van der Waals surface area contributed by atoms with Crippen molar-refractivity contribution in [2.75, 3.05) is 33.7 Å². The quantitative estimate of drug-likeness (QED) is 0.906. The van der Waals surface area contributed by atoms with Crippen LogP contribution in [0.2, 0.25) is 10.0 Å². The summed E-state index contributed by atoms with van der Waals surface area (Å²) in [5, 5.41) is 1.46. The van der Waals surface area contributed by atoms with Crippen molar-refractivity contribution in [3.63, 3.8) is 0 Å². The molecule has 20 heavy (non-hydrogen) atoms. The number of benzene rings is 1. The van der Waals surface area contributed by atoms with Gasteiger partial charge in [-0.2, -0.15) is 0 Å². The summed E-state index contributed by atoms with van der Waals surface area (Å²) < 4.78 is 0. The summed E-state index contributed by atoms with van der Waals surface area (Å²) in [6.45, 7) is 2.68. The fourth-order valence-electron chi connectivity index (χ4n) is 3.10. The van der Waals surface area contributed by atoms with Crippen molar-refractivity contribution in [3.8, 4) is 0 Å². The van der Waals surface area contributed by atoms with E-state index in [1.165, 1.54) is 12.8 Å². The van der Waals surface area contributed by atoms with E-state index >= 15 is 0 Å². The molecule has 0 aromatic heterocycles. The van der Waals surface area contributed by atoms with Crippen LogP contribution in [-0.4, -0.2) is 49.6 Å². The van der Waals surface area contributed by atoms with Crippen LogP contribution in [0.1, 0.15) is 24.4 Å². The Morgan fingerprint density at radius 2 is 2.15 bits per heavy atom. The van der Waals surface area contributed by atoms with E-state index in [1.807, 2.05) is 18.2 Å². The first-order chi connectivity index (χ1) is 9.52. The highest BCUT2D eigenvalue weighted by Crippen LogP contribution is 2.34. The van der Waals surface area contributed by atoms with Crippen LogP contribution in [-0.2, 0) is 0 Å². The Morgan fingerprint density at radius 3 is 2.80 bits per heavy atom. The molecule has 0 spiro atoms. The van der Waals surface area contributed by atoms with Crippen LogP contribution in [0.25, 0.3) is 0 Å². The van der Waals surface area contributed by atoms with E-state index in [0.717, 1.165) is 23.7 Å². The van der Waals surface area contributed by atoms with E-state index in [9.17, 15) is 0 Å². The Labute approximate surface area is 131 Å². The van der Waals surface area contributed by atoms with E-state index in [1.54, 1.807) is 0 Å². The first-order valence-electron chi connectivity index (χ1n) is 7.08. The average molecular weight is 316 g/mol. The van der Waals surface area contributed by atoms with Crippen molar-refractivity contribution in [3.05, 3.63) is 33.8 Å². The number of halogens is 2. The SMILES string of the molecule is CN(C)CC1CCCN1C(CN)c1cc(Cl)ccc1Cl. The fraction of sp³-hybridized carbons (Fsp3) is 0.600. The monoisotopic (exact) mass is 315 g/mol. The van der Waals surface area contributed by atoms with Crippen molar-refractivity contribution < 1.29 is 0 Å². The molecule has 0 radical (unpaired) electrons. The van der Waals surface area contributed by atoms with Gasteiger partial charge in [0, 0.05) is 35.2 Å². The Balaban J connectivity index is 2.24. The second-order valence-electron chi connectivity index (χ2n) is 5.71. The number of likely N-dealkylation sites (N-methyl/N-ethyl adjacent to an activating group) is 1. The van der Waals surface area contributed by atoms with E-state index in [4.69, 9.17) is 28.9 Å². The molecule has 1 aliphatic heterocycles. The molecular formula is C15H23Cl2N3. The summed E-state index contributed by atoms with van der Waals surface area (Å²) in [6, 6.07) is 6.32. The Hall–Kier alpha value is -0.320. The fourth-order valence-corrected chi connectivity index (χ4v) is 3.52. The molecule has 0 bridgehead atoms. The molecule has 3 nitrogen and oxygen atoms in total. The standard InChI is InChI=1S/C15H23Cl2N3/c1-19(2)10-12-4-3-7-20(12)15(9-18)13-8-11(16)5-6-14(13)17/h5-6,8,12,15H,3-4,7,9-10,18H2,1-2H3. The number of hydrogen-bond acceptors (Lipinski definition) is 3. The number of rotatable bonds is 5. The van der Waals surface area contributed by atoms with Crippen molar-refractivity contribution >= 4 is 23.2 Å². The predicted molar refractivity (Wildman–Crippen MR) is 86.5 cm³/mol. The molecule has 1 aliphatic rings. The molecule has 2 unspecified atom stereocenters. The largest absolute Gasteiger partial charge is 0.329 e. The molecule has 1 saturated heterocycles. The first kappa shape index (κ1) is 16.1. The minimum atomic E-state index is 0.147. The smallest absolute Gasteiger partial charge is 0.0489 e. The Bertz CT molecular complexity index is 451. The highest BCUT2D eigenvalue weighted by Gasteiger charge is 2.32. The van der Waals surface area contributed by atoms with Crippen LogP contribution in [0.5, 0.6) is 0 Å². The summed E-state index contributed by atoms with van der Waals surface area (Å²) >= 11 is 12.5. The Morgan fingerprint density at radius 1 is 1.40 bits per heavy atom. The van der Waals surface area contributed by atoms with Crippen molar-refractivity contribution in [1.29, 1.82) is 0 Å². The summed E-state index contributed by atoms with van der Waals surface area (Å²) in [5.41, 5.74) is 7.09. The molecule has 112 valence electrons. The van der Waals surface area contributed by atoms with Crippen molar-refractivity contribution in [2.24, 2.45) is 5.73 Å². The molecule has 2 N–H and O–H groups in total. The van der Waals surface area contributed by atoms with E-state index in [-0.39, 0.29) is 6.04 Å². The summed E-state index contributed by atoms with van der Waals surface area (Å²) in [7, 11) is 4.22. The Kier molecular flexibility index (Phi) is 5.70. The second kappa shape index (κ2) is 7.10. The lowest BCUT2D eigenvalue weighted by atomic mass is 10.0. The molecule has 1 aromatic carbocycles. The summed E-state index contributed by atoms with van der Waals surface area (Å²) in [6.07, 6.45) is 2.43. The molecule has 1 aromatic rings. The number of likely N-dealkylation sites (tertiary alicyclic amines) is 1. The van der Waals surface area contributed by atoms with Gasteiger partial charge in [0.2, 0.25) is 0 Å². The molecule has 0 amide bonds. The average Bonchev–Trinajstić information content (AvgIpc) is 2.82. The van der Waals surface area contributed by atoms with Crippen LogP contribution in [0.15, 0.2) is 18.2 Å². The zero-order chi connectivity index (χ0) is 14.7. The van der Waals surface area contributed by atoms with Crippen LogP contribution >= 0.6 is 23.2 Å². The van der Waals surface area contributed by atoms with Gasteiger partial charge in [0.25, 0.3) is 0 Å². The number of nitrogens with two attached hydrogens (primary N) is 1. The lowest BCUT2D eigenvalue weighted by Crippen LogP contribution is -2.42. The van der Waals surface area contributed by atoms with Gasteiger partial charge in [-0.1, -0.05) is 23.2 Å². The lowest BCUT2D eigenvalue weighted by Gasteiger charge is -2.34. The predicted octanol–water partition coefficient (Wildman–Crippen LogP) is 3.02. The third kappa shape index (κ3) is 3.66. The van der Waals surface area contributed by atoms with Gasteiger partial charge in [0.15, 0.2) is 0 Å². The van der Waals surface area contributed by atoms with Crippen molar-refractivity contribution in [1.82, 2.24) is 9.80 Å². The maximum Gasteiger partial charge on any atom is 0.0489 e.